The van der Waals surface area contributed by atoms with E-state index in [0.717, 1.165) is 24.2 Å². The molecular formula is C23H34N2O2. The third-order valence-electron chi connectivity index (χ3n) is 9.79. The number of nitrogens with zero attached hydrogens (tertiary/aromatic N) is 1. The number of aromatic nitrogens is 2. The molecule has 1 aromatic rings. The Morgan fingerprint density at radius 3 is 2.70 bits per heavy atom. The van der Waals surface area contributed by atoms with E-state index in [1.807, 2.05) is 0 Å². The number of fused-ring (bicyclic) bond motifs is 6. The van der Waals surface area contributed by atoms with Gasteiger partial charge in [0.15, 0.2) is 0 Å². The summed E-state index contributed by atoms with van der Waals surface area (Å²) >= 11 is 0. The van der Waals surface area contributed by atoms with Gasteiger partial charge in [-0.05, 0) is 92.9 Å². The first-order chi connectivity index (χ1) is 12.8. The van der Waals surface area contributed by atoms with Crippen molar-refractivity contribution < 1.29 is 9.53 Å². The predicted octanol–water partition coefficient (Wildman–Crippen LogP) is 4.69. The largest absolute Gasteiger partial charge is 0.459 e. The second-order valence-corrected chi connectivity index (χ2v) is 10.7. The molecule has 0 bridgehead atoms. The van der Waals surface area contributed by atoms with Crippen LogP contribution >= 0.6 is 0 Å². The molecule has 1 heterocycles. The van der Waals surface area contributed by atoms with E-state index in [1.165, 1.54) is 56.2 Å². The van der Waals surface area contributed by atoms with Crippen molar-refractivity contribution in [2.75, 3.05) is 0 Å². The van der Waals surface area contributed by atoms with Gasteiger partial charge in [-0.1, -0.05) is 13.8 Å². The van der Waals surface area contributed by atoms with Crippen LogP contribution in [0.5, 0.6) is 0 Å². The summed E-state index contributed by atoms with van der Waals surface area (Å²) in [6, 6.07) is 0. The molecule has 4 aliphatic rings. The molecule has 0 amide bonds. The molecule has 1 N–H and O–H groups in total. The Bertz CT molecular complexity index is 772. The van der Waals surface area contributed by atoms with Crippen LogP contribution in [0.4, 0.5) is 0 Å². The maximum Gasteiger partial charge on any atom is 0.303 e. The summed E-state index contributed by atoms with van der Waals surface area (Å²) < 4.78 is 5.97. The molecule has 0 aromatic carbocycles. The minimum atomic E-state index is -0.281. The van der Waals surface area contributed by atoms with E-state index in [-0.39, 0.29) is 17.0 Å². The molecule has 148 valence electrons. The quantitative estimate of drug-likeness (QED) is 0.730. The van der Waals surface area contributed by atoms with Gasteiger partial charge in [0.2, 0.25) is 0 Å². The fourth-order valence-corrected chi connectivity index (χ4v) is 8.18. The van der Waals surface area contributed by atoms with Crippen LogP contribution in [0.2, 0.25) is 0 Å². The normalized spacial score (nSPS) is 48.1. The van der Waals surface area contributed by atoms with Crippen molar-refractivity contribution in [2.45, 2.75) is 84.7 Å². The van der Waals surface area contributed by atoms with Crippen LogP contribution in [-0.4, -0.2) is 21.8 Å². The first kappa shape index (κ1) is 17.8. The zero-order chi connectivity index (χ0) is 19.0. The van der Waals surface area contributed by atoms with Crippen molar-refractivity contribution in [1.82, 2.24) is 10.2 Å². The lowest BCUT2D eigenvalue weighted by Gasteiger charge is -2.61. The van der Waals surface area contributed by atoms with Crippen molar-refractivity contribution >= 4 is 5.97 Å². The maximum atomic E-state index is 11.8. The average Bonchev–Trinajstić information content (AvgIpc) is 3.13. The molecule has 4 heteroatoms. The van der Waals surface area contributed by atoms with E-state index in [2.05, 4.69) is 37.2 Å². The molecule has 0 saturated heterocycles. The molecule has 1 aromatic heterocycles. The second-order valence-electron chi connectivity index (χ2n) is 10.7. The van der Waals surface area contributed by atoms with Crippen LogP contribution in [0.3, 0.4) is 0 Å². The Kier molecular flexibility index (Phi) is 3.69. The Morgan fingerprint density at radius 2 is 1.93 bits per heavy atom. The van der Waals surface area contributed by atoms with E-state index in [4.69, 9.17) is 4.74 Å². The van der Waals surface area contributed by atoms with Gasteiger partial charge >= 0.3 is 5.97 Å². The fourth-order valence-electron chi connectivity index (χ4n) is 8.18. The van der Waals surface area contributed by atoms with Crippen LogP contribution < -0.4 is 0 Å². The summed E-state index contributed by atoms with van der Waals surface area (Å²) in [6.45, 7) is 8.78. The molecular weight excluding hydrogens is 336 g/mol. The van der Waals surface area contributed by atoms with E-state index in [1.54, 1.807) is 6.92 Å². The number of hydrogen-bond donors (Lipinski definition) is 1. The summed E-state index contributed by atoms with van der Waals surface area (Å²) in [5.74, 6) is 2.96. The average molecular weight is 371 g/mol. The molecule has 0 spiro atoms. The van der Waals surface area contributed by atoms with Crippen molar-refractivity contribution in [3.05, 3.63) is 17.5 Å². The van der Waals surface area contributed by atoms with Crippen molar-refractivity contribution in [3.8, 4) is 0 Å². The number of hydrogen-bond acceptors (Lipinski definition) is 3. The van der Waals surface area contributed by atoms with E-state index < -0.39 is 0 Å². The Morgan fingerprint density at radius 1 is 1.15 bits per heavy atom. The van der Waals surface area contributed by atoms with Crippen molar-refractivity contribution in [3.63, 3.8) is 0 Å². The van der Waals surface area contributed by atoms with Gasteiger partial charge in [0.25, 0.3) is 0 Å². The SMILES string of the molecule is CC(=O)OC1(C)CCC2C3CCC4Cc5[nH]ncc5CC4(C)C3CCC21C. The topological polar surface area (TPSA) is 55.0 Å². The molecule has 3 saturated carbocycles. The molecule has 4 nitrogen and oxygen atoms in total. The Balaban J connectivity index is 1.46. The number of ether oxygens (including phenoxy) is 1. The van der Waals surface area contributed by atoms with E-state index >= 15 is 0 Å². The zero-order valence-electron chi connectivity index (χ0n) is 17.3. The first-order valence-electron chi connectivity index (χ1n) is 11.0. The molecule has 3 fully saturated rings. The van der Waals surface area contributed by atoms with Gasteiger partial charge in [-0.25, -0.2) is 0 Å². The predicted molar refractivity (Wildman–Crippen MR) is 104 cm³/mol. The van der Waals surface area contributed by atoms with E-state index in [9.17, 15) is 4.79 Å². The van der Waals surface area contributed by atoms with Crippen LogP contribution in [0, 0.1) is 34.5 Å². The standard InChI is InChI=1S/C23H34N2O2/c1-14(26)27-23(4)10-8-19-17-6-5-16-11-20-15(13-24-25-20)12-21(16,2)18(17)7-9-22(19,23)3/h13,16-19H,5-12H2,1-4H3,(H,24,25). The highest BCUT2D eigenvalue weighted by molar-refractivity contribution is 5.66. The van der Waals surface area contributed by atoms with Gasteiger partial charge in [-0.3, -0.25) is 9.89 Å². The van der Waals surface area contributed by atoms with Gasteiger partial charge in [0.1, 0.15) is 5.60 Å². The number of esters is 1. The van der Waals surface area contributed by atoms with E-state index in [0.29, 0.717) is 11.3 Å². The highest BCUT2D eigenvalue weighted by atomic mass is 16.6. The Labute approximate surface area is 162 Å². The molecule has 7 unspecified atom stereocenters. The molecule has 0 radical (unpaired) electrons. The third-order valence-corrected chi connectivity index (χ3v) is 9.79. The number of nitrogens with one attached hydrogen (secondary N) is 1. The Hall–Kier alpha value is -1.32. The third kappa shape index (κ3) is 2.28. The van der Waals surface area contributed by atoms with Gasteiger partial charge in [0, 0.05) is 18.0 Å². The maximum absolute atomic E-state index is 11.8. The zero-order valence-corrected chi connectivity index (χ0v) is 17.3. The van der Waals surface area contributed by atoms with Crippen molar-refractivity contribution in [2.24, 2.45) is 34.5 Å². The molecule has 27 heavy (non-hydrogen) atoms. The monoisotopic (exact) mass is 370 g/mol. The summed E-state index contributed by atoms with van der Waals surface area (Å²) in [7, 11) is 0. The molecule has 0 aliphatic heterocycles. The summed E-state index contributed by atoms with van der Waals surface area (Å²) in [5, 5.41) is 7.59. The molecule has 7 atom stereocenters. The van der Waals surface area contributed by atoms with Crippen LogP contribution in [0.15, 0.2) is 6.20 Å². The summed E-state index contributed by atoms with van der Waals surface area (Å²) in [6.07, 6.45) is 11.9. The number of aromatic amines is 1. The lowest BCUT2D eigenvalue weighted by molar-refractivity contribution is -0.181. The fraction of sp³-hybridized carbons (Fsp3) is 0.826. The van der Waals surface area contributed by atoms with Crippen LogP contribution in [0.25, 0.3) is 0 Å². The van der Waals surface area contributed by atoms with Gasteiger partial charge in [0.05, 0.1) is 6.20 Å². The van der Waals surface area contributed by atoms with Gasteiger partial charge in [-0.2, -0.15) is 5.10 Å². The summed E-state index contributed by atoms with van der Waals surface area (Å²) in [4.78, 5) is 11.8. The van der Waals surface area contributed by atoms with Gasteiger partial charge < -0.3 is 4.74 Å². The highest BCUT2D eigenvalue weighted by Gasteiger charge is 2.64. The first-order valence-corrected chi connectivity index (χ1v) is 11.0. The minimum Gasteiger partial charge on any atom is -0.459 e. The van der Waals surface area contributed by atoms with Crippen LogP contribution in [-0.2, 0) is 22.4 Å². The minimum absolute atomic E-state index is 0.114. The second kappa shape index (κ2) is 5.61. The van der Waals surface area contributed by atoms with Crippen molar-refractivity contribution in [1.29, 1.82) is 0 Å². The smallest absolute Gasteiger partial charge is 0.303 e. The number of carbonyl (C=O) groups excluding carboxylic acids is 1. The number of rotatable bonds is 1. The van der Waals surface area contributed by atoms with Gasteiger partial charge in [-0.15, -0.1) is 0 Å². The molecule has 4 aliphatic carbocycles. The molecule has 5 rings (SSSR count). The van der Waals surface area contributed by atoms with Crippen LogP contribution in [0.1, 0.15) is 77.5 Å². The number of H-pyrrole nitrogens is 1. The number of carbonyl (C=O) groups is 1. The highest BCUT2D eigenvalue weighted by Crippen LogP contribution is 2.68. The lowest BCUT2D eigenvalue weighted by atomic mass is 9.44. The summed E-state index contributed by atoms with van der Waals surface area (Å²) in [5.41, 5.74) is 3.11. The lowest BCUT2D eigenvalue weighted by Crippen LogP contribution is -2.57.